The Kier molecular flexibility index (Phi) is 11.5. The molecule has 3 heterocycles. The van der Waals surface area contributed by atoms with Gasteiger partial charge in [-0.15, -0.1) is 5.54 Å². The van der Waals surface area contributed by atoms with Crippen LogP contribution in [0.5, 0.6) is 5.75 Å². The molecule has 0 spiro atoms. The van der Waals surface area contributed by atoms with E-state index in [2.05, 4.69) is 53.0 Å². The molecule has 2 aromatic heterocycles. The van der Waals surface area contributed by atoms with E-state index in [-0.39, 0.29) is 23.8 Å². The fourth-order valence-corrected chi connectivity index (χ4v) is 13.5. The van der Waals surface area contributed by atoms with E-state index in [0.29, 0.717) is 92.3 Å². The third-order valence-electron chi connectivity index (χ3n) is 10.3. The molecule has 1 aliphatic rings. The van der Waals surface area contributed by atoms with Crippen molar-refractivity contribution in [2.45, 2.75) is 102 Å². The highest BCUT2D eigenvalue weighted by molar-refractivity contribution is 7.98. The first-order valence-electron chi connectivity index (χ1n) is 17.5. The van der Waals surface area contributed by atoms with Crippen molar-refractivity contribution in [3.05, 3.63) is 47.2 Å². The topological polar surface area (TPSA) is 80.6 Å². The van der Waals surface area contributed by atoms with Gasteiger partial charge in [0.25, 0.3) is 0 Å². The summed E-state index contributed by atoms with van der Waals surface area (Å²) in [5.74, 6) is 3.44. The molecule has 2 aromatic carbocycles. The number of hydrogen-bond acceptors (Lipinski definition) is 8. The van der Waals surface area contributed by atoms with Crippen LogP contribution in [0.1, 0.15) is 79.5 Å². The fraction of sp³-hybridized carbons (Fsp3) is 0.513. The first-order valence-corrected chi connectivity index (χ1v) is 21.0. The Bertz CT molecular complexity index is 1940. The zero-order chi connectivity index (χ0) is 36.5. The summed E-state index contributed by atoms with van der Waals surface area (Å²) in [6.45, 7) is 18.1. The Balaban J connectivity index is 1.96. The number of rotatable bonds is 10. The van der Waals surface area contributed by atoms with Gasteiger partial charge < -0.3 is 19.5 Å². The molecular weight excluding hydrogens is 671 g/mol. The van der Waals surface area contributed by atoms with Crippen LogP contribution in [0, 0.1) is 23.1 Å². The smallest absolute Gasteiger partial charge is 0.189 e. The zero-order valence-electron chi connectivity index (χ0n) is 31.0. The second-order valence-corrected chi connectivity index (χ2v) is 20.9. The molecule has 0 amide bonds. The van der Waals surface area contributed by atoms with Crippen molar-refractivity contribution in [2.24, 2.45) is 0 Å². The van der Waals surface area contributed by atoms with Gasteiger partial charge in [-0.2, -0.15) is 0 Å². The molecule has 0 saturated carbocycles. The van der Waals surface area contributed by atoms with Crippen LogP contribution in [-0.4, -0.2) is 67.0 Å². The van der Waals surface area contributed by atoms with Gasteiger partial charge in [0.1, 0.15) is 42.4 Å². The minimum absolute atomic E-state index is 0.0169. The van der Waals surface area contributed by atoms with Crippen molar-refractivity contribution in [2.75, 3.05) is 38.1 Å². The molecule has 1 saturated heterocycles. The predicted molar refractivity (Wildman–Crippen MR) is 204 cm³/mol. The quantitative estimate of drug-likeness (QED) is 0.0571. The molecule has 0 aliphatic carbocycles. The summed E-state index contributed by atoms with van der Waals surface area (Å²) in [5.41, 5.74) is 5.24. The van der Waals surface area contributed by atoms with Gasteiger partial charge in [-0.1, -0.05) is 72.2 Å². The van der Waals surface area contributed by atoms with Gasteiger partial charge >= 0.3 is 0 Å². The van der Waals surface area contributed by atoms with Crippen LogP contribution in [0.2, 0.25) is 16.6 Å². The average Bonchev–Trinajstić information content (AvgIpc) is 3.06. The van der Waals surface area contributed by atoms with E-state index in [9.17, 15) is 5.11 Å². The number of aromatic nitrogens is 3. The monoisotopic (exact) mass is 720 g/mol. The lowest BCUT2D eigenvalue weighted by Gasteiger charge is -2.38. The number of thioether (sulfide) groups is 1. The number of β-amino-alcohol motifs (C(OH)–C–C–N with tert-alkyl or cyclic N) is 1. The average molecular weight is 721 g/mol. The van der Waals surface area contributed by atoms with Crippen LogP contribution < -0.4 is 9.64 Å². The van der Waals surface area contributed by atoms with Gasteiger partial charge in [-0.3, -0.25) is 0 Å². The highest BCUT2D eigenvalue weighted by Gasteiger charge is 2.42. The molecule has 0 bridgehead atoms. The second-order valence-electron chi connectivity index (χ2n) is 14.5. The number of aliphatic hydroxyl groups is 1. The maximum atomic E-state index is 17.4. The van der Waals surface area contributed by atoms with E-state index in [0.717, 1.165) is 6.42 Å². The molecular formula is C39H50F2N4O3SSi. The number of ether oxygens (including phenoxy) is 2. The maximum Gasteiger partial charge on any atom is 0.189 e. The van der Waals surface area contributed by atoms with E-state index in [1.807, 2.05) is 25.0 Å². The summed E-state index contributed by atoms with van der Waals surface area (Å²) in [6.07, 6.45) is 3.64. The van der Waals surface area contributed by atoms with Crippen LogP contribution in [0.25, 0.3) is 32.9 Å². The summed E-state index contributed by atoms with van der Waals surface area (Å²) < 4.78 is 43.9. The fourth-order valence-electron chi connectivity index (χ4n) is 7.96. The molecule has 268 valence electrons. The summed E-state index contributed by atoms with van der Waals surface area (Å²) >= 11 is 1.32. The Morgan fingerprint density at radius 2 is 1.74 bits per heavy atom. The van der Waals surface area contributed by atoms with Gasteiger partial charge in [0.2, 0.25) is 0 Å². The van der Waals surface area contributed by atoms with E-state index in [1.165, 1.54) is 24.9 Å². The van der Waals surface area contributed by atoms with E-state index in [1.54, 1.807) is 18.2 Å². The van der Waals surface area contributed by atoms with Crippen LogP contribution in [-0.2, 0) is 11.2 Å². The minimum atomic E-state index is -2.27. The molecule has 1 fully saturated rings. The number of methoxy groups -OCH3 is 1. The van der Waals surface area contributed by atoms with Crippen molar-refractivity contribution in [1.82, 2.24) is 15.0 Å². The predicted octanol–water partition coefficient (Wildman–Crippen LogP) is 9.31. The number of benzene rings is 2. The van der Waals surface area contributed by atoms with Crippen LogP contribution in [0.3, 0.4) is 0 Å². The Morgan fingerprint density at radius 1 is 1.04 bits per heavy atom. The van der Waals surface area contributed by atoms with Gasteiger partial charge in [-0.25, -0.2) is 23.7 Å². The Hall–Kier alpha value is -3.30. The van der Waals surface area contributed by atoms with Gasteiger partial charge in [-0.05, 0) is 83.6 Å². The largest absolute Gasteiger partial charge is 0.468 e. The maximum absolute atomic E-state index is 17.4. The molecule has 0 radical (unpaired) electrons. The van der Waals surface area contributed by atoms with Crippen LogP contribution >= 0.6 is 11.8 Å². The van der Waals surface area contributed by atoms with Crippen molar-refractivity contribution in [3.8, 4) is 28.5 Å². The standard InChI is InChI=1S/C39H50F2N4O3SSi/c1-11-28-30(40)14-13-26-19-27(48-22-47-9)20-29(32(26)28)35-34(41)36-33(31(42-35)15-18-50(23(2)3,24(4)5)25(6)7)37(44-38(43-36)49-10)45-17-12-16-39(8,46)21-45/h13-14,19-20,23-25,46H,11-12,16-17,21-22H2,1-10H3/t39-/m1/s1. The molecule has 11 heteroatoms. The molecule has 5 rings (SSSR count). The highest BCUT2D eigenvalue weighted by Crippen LogP contribution is 2.43. The number of halogens is 2. The number of pyridine rings is 1. The number of aryl methyl sites for hydroxylation is 1. The summed E-state index contributed by atoms with van der Waals surface area (Å²) in [6, 6.07) is 6.61. The number of nitrogens with zero attached hydrogens (tertiary/aromatic N) is 4. The summed E-state index contributed by atoms with van der Waals surface area (Å²) in [7, 11) is -0.745. The van der Waals surface area contributed by atoms with Crippen molar-refractivity contribution >= 4 is 47.3 Å². The van der Waals surface area contributed by atoms with Crippen LogP contribution in [0.4, 0.5) is 14.6 Å². The lowest BCUT2D eigenvalue weighted by molar-refractivity contribution is 0.0447. The molecule has 1 aliphatic heterocycles. The van der Waals surface area contributed by atoms with Gasteiger partial charge in [0.15, 0.2) is 17.8 Å². The van der Waals surface area contributed by atoms with E-state index >= 15 is 8.78 Å². The molecule has 1 atom stereocenters. The van der Waals surface area contributed by atoms with Crippen molar-refractivity contribution in [3.63, 3.8) is 0 Å². The number of hydrogen-bond donors (Lipinski definition) is 1. The van der Waals surface area contributed by atoms with Crippen molar-refractivity contribution < 1.29 is 23.4 Å². The third kappa shape index (κ3) is 7.09. The van der Waals surface area contributed by atoms with Crippen molar-refractivity contribution in [1.29, 1.82) is 0 Å². The molecule has 7 nitrogen and oxygen atoms in total. The van der Waals surface area contributed by atoms with E-state index < -0.39 is 19.5 Å². The second kappa shape index (κ2) is 15.1. The third-order valence-corrected chi connectivity index (χ3v) is 17.1. The molecule has 0 unspecified atom stereocenters. The lowest BCUT2D eigenvalue weighted by atomic mass is 9.93. The summed E-state index contributed by atoms with van der Waals surface area (Å²) in [5, 5.41) is 13.2. The Labute approximate surface area is 300 Å². The summed E-state index contributed by atoms with van der Waals surface area (Å²) in [4.78, 5) is 16.8. The van der Waals surface area contributed by atoms with Crippen LogP contribution in [0.15, 0.2) is 29.4 Å². The van der Waals surface area contributed by atoms with Gasteiger partial charge in [0.05, 0.1) is 11.0 Å². The zero-order valence-corrected chi connectivity index (χ0v) is 32.8. The molecule has 4 aromatic rings. The number of fused-ring (bicyclic) bond motifs is 2. The first-order chi connectivity index (χ1) is 23.7. The SMILES string of the molecule is CCc1c(F)ccc2cc(OCOC)cc(-c3nc(C#C[Si](C(C)C)(C(C)C)C(C)C)c4c(N5CCC[C@@](C)(O)C5)nc(SC)nc4c3F)c12. The first kappa shape index (κ1) is 37.9. The Morgan fingerprint density at radius 3 is 2.34 bits per heavy atom. The molecule has 50 heavy (non-hydrogen) atoms. The number of anilines is 1. The highest BCUT2D eigenvalue weighted by atomic mass is 32.2. The van der Waals surface area contributed by atoms with E-state index in [4.69, 9.17) is 24.4 Å². The normalized spacial score (nSPS) is 16.9. The number of piperidine rings is 1. The minimum Gasteiger partial charge on any atom is -0.468 e. The molecule has 1 N–H and O–H groups in total. The van der Waals surface area contributed by atoms with Gasteiger partial charge in [0, 0.05) is 25.8 Å². The lowest BCUT2D eigenvalue weighted by Crippen LogP contribution is -2.46.